The molecule has 0 aliphatic heterocycles. The van der Waals surface area contributed by atoms with Crippen LogP contribution in [0.3, 0.4) is 0 Å². The first-order valence-corrected chi connectivity index (χ1v) is 15.8. The smallest absolute Gasteiger partial charge is 0.264 e. The van der Waals surface area contributed by atoms with Crippen LogP contribution in [0, 0.1) is 5.82 Å². The van der Waals surface area contributed by atoms with E-state index in [1.807, 2.05) is 30.3 Å². The summed E-state index contributed by atoms with van der Waals surface area (Å²) in [5.41, 5.74) is 1.51. The SMILES string of the molecule is CCNC(=O)C(Cc1ccccc1)N(Cc1ccc(F)cc1)C(=O)CN(c1ccccc1OC)S(=O)(=O)c1ccc(OC)cc1. The Morgan fingerprint density at radius 3 is 2.09 bits per heavy atom. The fraction of sp³-hybridized carbons (Fsp3) is 0.235. The summed E-state index contributed by atoms with van der Waals surface area (Å²) in [6.07, 6.45) is 0.166. The number of methoxy groups -OCH3 is 2. The van der Waals surface area contributed by atoms with Crippen molar-refractivity contribution in [3.05, 3.63) is 120 Å². The molecule has 0 aliphatic carbocycles. The number of carbonyl (C=O) groups excluding carboxylic acids is 2. The molecule has 0 spiro atoms. The third kappa shape index (κ3) is 8.18. The molecule has 0 aromatic heterocycles. The molecule has 9 nitrogen and oxygen atoms in total. The zero-order valence-corrected chi connectivity index (χ0v) is 26.2. The second-order valence-electron chi connectivity index (χ2n) is 10.1. The molecule has 1 atom stereocenters. The van der Waals surface area contributed by atoms with Crippen LogP contribution in [0.5, 0.6) is 11.5 Å². The molecule has 0 saturated heterocycles. The summed E-state index contributed by atoms with van der Waals surface area (Å²) in [6.45, 7) is 1.37. The molecule has 1 unspecified atom stereocenters. The second-order valence-corrected chi connectivity index (χ2v) is 12.0. The Morgan fingerprint density at radius 2 is 1.47 bits per heavy atom. The summed E-state index contributed by atoms with van der Waals surface area (Å²) in [5.74, 6) is -0.802. The van der Waals surface area contributed by atoms with E-state index in [4.69, 9.17) is 9.47 Å². The largest absolute Gasteiger partial charge is 0.497 e. The summed E-state index contributed by atoms with van der Waals surface area (Å²) in [6, 6.07) is 26.1. The van der Waals surface area contributed by atoms with E-state index in [1.165, 1.54) is 67.7 Å². The molecule has 0 heterocycles. The number of likely N-dealkylation sites (N-methyl/N-ethyl adjacent to an activating group) is 1. The molecule has 4 aromatic rings. The molecule has 236 valence electrons. The molecule has 45 heavy (non-hydrogen) atoms. The molecule has 0 aliphatic rings. The van der Waals surface area contributed by atoms with Crippen molar-refractivity contribution in [1.29, 1.82) is 0 Å². The van der Waals surface area contributed by atoms with Crippen LogP contribution in [0.2, 0.25) is 0 Å². The van der Waals surface area contributed by atoms with Gasteiger partial charge < -0.3 is 19.7 Å². The lowest BCUT2D eigenvalue weighted by Crippen LogP contribution is -2.53. The van der Waals surface area contributed by atoms with Crippen LogP contribution in [0.4, 0.5) is 10.1 Å². The number of halogens is 1. The Bertz CT molecular complexity index is 1680. The van der Waals surface area contributed by atoms with E-state index in [1.54, 1.807) is 31.2 Å². The van der Waals surface area contributed by atoms with Gasteiger partial charge in [0.15, 0.2) is 0 Å². The number of hydrogen-bond donors (Lipinski definition) is 1. The second kappa shape index (κ2) is 15.2. The summed E-state index contributed by atoms with van der Waals surface area (Å²) in [4.78, 5) is 29.2. The van der Waals surface area contributed by atoms with Crippen LogP contribution in [-0.4, -0.2) is 58.5 Å². The molecule has 11 heteroatoms. The molecule has 0 radical (unpaired) electrons. The molecule has 2 amide bonds. The van der Waals surface area contributed by atoms with Gasteiger partial charge in [0.05, 0.1) is 24.8 Å². The highest BCUT2D eigenvalue weighted by molar-refractivity contribution is 7.92. The van der Waals surface area contributed by atoms with Gasteiger partial charge in [0, 0.05) is 19.5 Å². The maximum absolute atomic E-state index is 14.4. The maximum atomic E-state index is 14.4. The number of para-hydroxylation sites is 2. The number of nitrogens with one attached hydrogen (secondary N) is 1. The zero-order valence-electron chi connectivity index (χ0n) is 25.4. The Balaban J connectivity index is 1.81. The van der Waals surface area contributed by atoms with Crippen molar-refractivity contribution in [2.24, 2.45) is 0 Å². The molecule has 0 bridgehead atoms. The fourth-order valence-electron chi connectivity index (χ4n) is 4.86. The van der Waals surface area contributed by atoms with Gasteiger partial charge in [-0.2, -0.15) is 0 Å². The number of hydrogen-bond acceptors (Lipinski definition) is 6. The lowest BCUT2D eigenvalue weighted by Gasteiger charge is -2.34. The lowest BCUT2D eigenvalue weighted by atomic mass is 10.0. The van der Waals surface area contributed by atoms with E-state index in [9.17, 15) is 22.4 Å². The molecular formula is C34H36FN3O6S. The highest BCUT2D eigenvalue weighted by Gasteiger charge is 2.35. The highest BCUT2D eigenvalue weighted by Crippen LogP contribution is 2.33. The number of ether oxygens (including phenoxy) is 2. The average molecular weight is 634 g/mol. The quantitative estimate of drug-likeness (QED) is 0.214. The molecule has 4 rings (SSSR count). The van der Waals surface area contributed by atoms with Gasteiger partial charge in [0.2, 0.25) is 11.8 Å². The lowest BCUT2D eigenvalue weighted by molar-refractivity contribution is -0.140. The minimum Gasteiger partial charge on any atom is -0.497 e. The van der Waals surface area contributed by atoms with Crippen LogP contribution in [0.25, 0.3) is 0 Å². The predicted octanol–water partition coefficient (Wildman–Crippen LogP) is 4.81. The summed E-state index contributed by atoms with van der Waals surface area (Å²) >= 11 is 0. The minimum atomic E-state index is -4.33. The van der Waals surface area contributed by atoms with Crippen LogP contribution in [0.1, 0.15) is 18.1 Å². The van der Waals surface area contributed by atoms with Crippen molar-refractivity contribution < 1.29 is 31.9 Å². The van der Waals surface area contributed by atoms with Crippen molar-refractivity contribution >= 4 is 27.5 Å². The Kier molecular flexibility index (Phi) is 11.2. The third-order valence-electron chi connectivity index (χ3n) is 7.17. The average Bonchev–Trinajstić information content (AvgIpc) is 3.06. The summed E-state index contributed by atoms with van der Waals surface area (Å²) in [7, 11) is -1.45. The normalized spacial score (nSPS) is 11.7. The first-order valence-electron chi connectivity index (χ1n) is 14.3. The van der Waals surface area contributed by atoms with Crippen LogP contribution >= 0.6 is 0 Å². The van der Waals surface area contributed by atoms with Crippen LogP contribution in [-0.2, 0) is 32.6 Å². The van der Waals surface area contributed by atoms with E-state index in [2.05, 4.69) is 5.32 Å². The van der Waals surface area contributed by atoms with Gasteiger partial charge in [-0.1, -0.05) is 54.6 Å². The van der Waals surface area contributed by atoms with Gasteiger partial charge in [-0.15, -0.1) is 0 Å². The molecule has 0 saturated carbocycles. The first kappa shape index (κ1) is 33.0. The Labute approximate surface area is 263 Å². The van der Waals surface area contributed by atoms with Gasteiger partial charge in [-0.25, -0.2) is 12.8 Å². The highest BCUT2D eigenvalue weighted by atomic mass is 32.2. The zero-order chi connectivity index (χ0) is 32.4. The van der Waals surface area contributed by atoms with E-state index in [0.717, 1.165) is 9.87 Å². The monoisotopic (exact) mass is 633 g/mol. The number of benzene rings is 4. The van der Waals surface area contributed by atoms with Crippen molar-refractivity contribution in [1.82, 2.24) is 10.2 Å². The van der Waals surface area contributed by atoms with Gasteiger partial charge in [-0.3, -0.25) is 13.9 Å². The van der Waals surface area contributed by atoms with Gasteiger partial charge in [0.25, 0.3) is 10.0 Å². The van der Waals surface area contributed by atoms with Gasteiger partial charge in [-0.05, 0) is 66.6 Å². The van der Waals surface area contributed by atoms with Gasteiger partial charge in [0.1, 0.15) is 29.9 Å². The topological polar surface area (TPSA) is 105 Å². The molecular weight excluding hydrogens is 597 g/mol. The van der Waals surface area contributed by atoms with E-state index in [-0.39, 0.29) is 29.3 Å². The van der Waals surface area contributed by atoms with Crippen LogP contribution < -0.4 is 19.1 Å². The summed E-state index contributed by atoms with van der Waals surface area (Å²) in [5, 5.41) is 2.81. The van der Waals surface area contributed by atoms with Crippen molar-refractivity contribution in [2.45, 2.75) is 30.8 Å². The fourth-order valence-corrected chi connectivity index (χ4v) is 6.28. The van der Waals surface area contributed by atoms with E-state index < -0.39 is 40.2 Å². The number of sulfonamides is 1. The number of carbonyl (C=O) groups is 2. The molecule has 0 fully saturated rings. The predicted molar refractivity (Wildman–Crippen MR) is 170 cm³/mol. The number of anilines is 1. The number of nitrogens with zero attached hydrogens (tertiary/aromatic N) is 2. The summed E-state index contributed by atoms with van der Waals surface area (Å²) < 4.78 is 53.8. The standard InChI is InChI=1S/C34H36FN3O6S/c1-4-36-34(40)31(22-25-10-6-5-7-11-25)37(23-26-14-16-27(35)17-15-26)33(39)24-38(30-12-8-9-13-32(30)44-3)45(41,42)29-20-18-28(43-2)19-21-29/h5-21,31H,4,22-24H2,1-3H3,(H,36,40). The maximum Gasteiger partial charge on any atom is 0.264 e. The van der Waals surface area contributed by atoms with Crippen molar-refractivity contribution in [3.8, 4) is 11.5 Å². The molecule has 1 N–H and O–H groups in total. The number of rotatable bonds is 14. The number of amides is 2. The van der Waals surface area contributed by atoms with E-state index >= 15 is 0 Å². The van der Waals surface area contributed by atoms with Gasteiger partial charge >= 0.3 is 0 Å². The van der Waals surface area contributed by atoms with Crippen LogP contribution in [0.15, 0.2) is 108 Å². The minimum absolute atomic E-state index is 0.0725. The Hall–Kier alpha value is -4.90. The van der Waals surface area contributed by atoms with Crippen molar-refractivity contribution in [3.63, 3.8) is 0 Å². The third-order valence-corrected chi connectivity index (χ3v) is 8.94. The Morgan fingerprint density at radius 1 is 0.822 bits per heavy atom. The molecule has 4 aromatic carbocycles. The van der Waals surface area contributed by atoms with E-state index in [0.29, 0.717) is 17.9 Å². The first-order chi connectivity index (χ1) is 21.7. The van der Waals surface area contributed by atoms with Crippen molar-refractivity contribution in [2.75, 3.05) is 31.6 Å².